The first kappa shape index (κ1) is 45.9. The fourth-order valence-electron chi connectivity index (χ4n) is 13.7. The summed E-state index contributed by atoms with van der Waals surface area (Å²) in [5, 5.41) is 7.29. The Balaban J connectivity index is 0.000000122. The smallest absolute Gasteiger partial charge is 0.0541 e. The summed E-state index contributed by atoms with van der Waals surface area (Å²) in [4.78, 5) is 8.47. The van der Waals surface area contributed by atoms with E-state index in [1.165, 1.54) is 123 Å². The van der Waals surface area contributed by atoms with E-state index in [1.807, 2.05) is 12.1 Å². The van der Waals surface area contributed by atoms with Gasteiger partial charge in [0.25, 0.3) is 0 Å². The van der Waals surface area contributed by atoms with E-state index in [1.54, 1.807) is 6.07 Å². The second-order valence-electron chi connectivity index (χ2n) is 21.2. The fraction of sp³-hybridized carbons (Fsp3) is 0.250. The quantitative estimate of drug-likeness (QED) is 0.191. The molecular weight excluding hydrogens is 931 g/mol. The van der Waals surface area contributed by atoms with Crippen LogP contribution in [0.2, 0.25) is 15.1 Å². The molecule has 2 aliphatic heterocycles. The maximum absolute atomic E-state index is 6.89. The summed E-state index contributed by atoms with van der Waals surface area (Å²) in [6, 6.07) is 64.4. The number of para-hydroxylation sites is 6. The van der Waals surface area contributed by atoms with Crippen molar-refractivity contribution in [1.82, 2.24) is 9.55 Å². The van der Waals surface area contributed by atoms with Gasteiger partial charge in [0, 0.05) is 86.9 Å². The van der Waals surface area contributed by atoms with Crippen LogP contribution in [0.15, 0.2) is 182 Å². The molecule has 4 aliphatic rings. The van der Waals surface area contributed by atoms with E-state index in [2.05, 4.69) is 211 Å². The lowest BCUT2D eigenvalue weighted by atomic mass is 9.61. The first-order valence-electron chi connectivity index (χ1n) is 25.4. The molecule has 356 valence electrons. The largest absolute Gasteiger partial charge is 0.355 e. The fourth-order valence-corrected chi connectivity index (χ4v) is 14.4. The van der Waals surface area contributed by atoms with Crippen molar-refractivity contribution in [1.29, 1.82) is 0 Å². The molecule has 4 heterocycles. The summed E-state index contributed by atoms with van der Waals surface area (Å²) in [5.74, 6) is 0. The minimum absolute atomic E-state index is 0.0116. The van der Waals surface area contributed by atoms with Crippen molar-refractivity contribution in [2.75, 3.05) is 9.80 Å². The van der Waals surface area contributed by atoms with E-state index in [-0.39, 0.29) is 21.9 Å². The molecule has 4 unspecified atom stereocenters. The van der Waals surface area contributed by atoms with Gasteiger partial charge in [0.15, 0.2) is 0 Å². The Morgan fingerprint density at radius 3 is 1.24 bits per heavy atom. The molecule has 2 saturated carbocycles. The topological polar surface area (TPSA) is 27.2 Å². The van der Waals surface area contributed by atoms with Gasteiger partial charge in [-0.3, -0.25) is 0 Å². The van der Waals surface area contributed by atoms with Gasteiger partial charge in [0.05, 0.1) is 22.1 Å². The molecule has 0 spiro atoms. The number of H-pyrrole nitrogens is 1. The van der Waals surface area contributed by atoms with E-state index in [9.17, 15) is 0 Å². The normalized spacial score (nSPS) is 23.1. The van der Waals surface area contributed by atoms with Gasteiger partial charge < -0.3 is 19.4 Å². The highest BCUT2D eigenvalue weighted by atomic mass is 35.5. The molecule has 10 aromatic rings. The lowest BCUT2D eigenvalue weighted by Crippen LogP contribution is -2.54. The number of nitrogens with one attached hydrogen (secondary N) is 1. The van der Waals surface area contributed by atoms with Crippen molar-refractivity contribution in [2.24, 2.45) is 0 Å². The van der Waals surface area contributed by atoms with Gasteiger partial charge in [-0.1, -0.05) is 184 Å². The summed E-state index contributed by atoms with van der Waals surface area (Å²) in [7, 11) is 0. The Labute approximate surface area is 432 Å². The van der Waals surface area contributed by atoms with Crippen LogP contribution in [0.25, 0.3) is 49.3 Å². The van der Waals surface area contributed by atoms with Gasteiger partial charge in [-0.15, -0.1) is 0 Å². The van der Waals surface area contributed by atoms with Gasteiger partial charge in [-0.2, -0.15) is 0 Å². The average molecular weight is 991 g/mol. The van der Waals surface area contributed by atoms with E-state index in [4.69, 9.17) is 34.8 Å². The van der Waals surface area contributed by atoms with Crippen molar-refractivity contribution >= 4 is 101 Å². The zero-order valence-electron chi connectivity index (χ0n) is 41.0. The molecule has 8 aromatic carbocycles. The molecule has 2 aromatic heterocycles. The van der Waals surface area contributed by atoms with Crippen molar-refractivity contribution in [3.63, 3.8) is 0 Å². The molecule has 0 radical (unpaired) electrons. The lowest BCUT2D eigenvalue weighted by Gasteiger charge is -2.50. The molecule has 4 nitrogen and oxygen atoms in total. The molecule has 1 N–H and O–H groups in total. The van der Waals surface area contributed by atoms with Crippen LogP contribution >= 0.6 is 34.8 Å². The van der Waals surface area contributed by atoms with E-state index in [0.717, 1.165) is 16.4 Å². The van der Waals surface area contributed by atoms with Gasteiger partial charge in [-0.25, -0.2) is 0 Å². The summed E-state index contributed by atoms with van der Waals surface area (Å²) >= 11 is 19.5. The Hall–Kier alpha value is -6.17. The third-order valence-electron chi connectivity index (χ3n) is 17.5. The van der Waals surface area contributed by atoms with Crippen LogP contribution in [0.3, 0.4) is 0 Å². The maximum atomic E-state index is 6.89. The van der Waals surface area contributed by atoms with Gasteiger partial charge in [0.2, 0.25) is 0 Å². The van der Waals surface area contributed by atoms with Crippen LogP contribution < -0.4 is 9.80 Å². The molecule has 71 heavy (non-hydrogen) atoms. The molecule has 14 rings (SSSR count). The summed E-state index contributed by atoms with van der Waals surface area (Å²) < 4.78 is 2.37. The van der Waals surface area contributed by atoms with Crippen molar-refractivity contribution < 1.29 is 0 Å². The predicted octanol–water partition coefficient (Wildman–Crippen LogP) is 19.2. The molecule has 4 atom stereocenters. The number of aromatic nitrogens is 2. The minimum Gasteiger partial charge on any atom is -0.355 e. The summed E-state index contributed by atoms with van der Waals surface area (Å²) in [6.07, 6.45) is 9.92. The maximum Gasteiger partial charge on any atom is 0.0541 e. The zero-order chi connectivity index (χ0) is 48.7. The highest BCUT2D eigenvalue weighted by molar-refractivity contribution is 6.35. The van der Waals surface area contributed by atoms with Crippen LogP contribution in [0, 0.1) is 0 Å². The monoisotopic (exact) mass is 988 g/mol. The Morgan fingerprint density at radius 1 is 0.380 bits per heavy atom. The number of aromatic amines is 1. The Kier molecular flexibility index (Phi) is 11.4. The molecular formula is C64H59Cl3N4. The van der Waals surface area contributed by atoms with Crippen molar-refractivity contribution in [3.8, 4) is 5.69 Å². The van der Waals surface area contributed by atoms with Crippen LogP contribution in [-0.2, 0) is 10.8 Å². The number of rotatable bonds is 3. The molecule has 0 amide bonds. The second kappa shape index (κ2) is 17.5. The van der Waals surface area contributed by atoms with Crippen LogP contribution in [0.4, 0.5) is 22.7 Å². The number of anilines is 4. The Morgan fingerprint density at radius 2 is 0.746 bits per heavy atom. The van der Waals surface area contributed by atoms with Crippen LogP contribution in [0.5, 0.6) is 0 Å². The third-order valence-corrected chi connectivity index (χ3v) is 18.2. The molecule has 0 saturated heterocycles. The van der Waals surface area contributed by atoms with Crippen LogP contribution in [0.1, 0.15) is 90.2 Å². The number of hydrogen-bond donors (Lipinski definition) is 1. The van der Waals surface area contributed by atoms with Gasteiger partial charge >= 0.3 is 0 Å². The molecule has 7 heteroatoms. The predicted molar refractivity (Wildman–Crippen MR) is 304 cm³/mol. The minimum atomic E-state index is 0.0116. The van der Waals surface area contributed by atoms with Crippen molar-refractivity contribution in [2.45, 2.75) is 101 Å². The van der Waals surface area contributed by atoms with E-state index >= 15 is 0 Å². The molecule has 2 aliphatic carbocycles. The third kappa shape index (κ3) is 7.22. The summed E-state index contributed by atoms with van der Waals surface area (Å²) in [5.41, 5.74) is 14.1. The van der Waals surface area contributed by atoms with E-state index in [0.29, 0.717) is 10.0 Å². The highest BCUT2D eigenvalue weighted by Crippen LogP contribution is 2.62. The number of fused-ring (bicyclic) bond motifs is 12. The van der Waals surface area contributed by atoms with E-state index < -0.39 is 0 Å². The van der Waals surface area contributed by atoms with Crippen molar-refractivity contribution in [3.05, 3.63) is 208 Å². The number of halogens is 3. The highest BCUT2D eigenvalue weighted by Gasteiger charge is 2.58. The number of benzene rings is 8. The standard InChI is InChI=1S/C32H29ClN2.C20H21Cl2N.C12H9N/c1-31-17-9-10-18-32(31,2)35(30-16-8-5-13-27(30)31)24-20-22(33)19-23(21-24)34-28-14-6-3-11-25(28)26-12-4-7-15-29(26)34;1-19-9-5-6-10-20(19,2)23(18-8-4-3-7-17(18)19)16-12-14(21)11-15(22)13-16;1-3-7-11-9(5-1)10-6-2-4-8-12(10)13-11/h3-8,11-16,19-21H,9-10,17-18H2,1-2H3;3-4,7-8,11-13H,5-6,9-10H2,1-2H3;1-8,13H. The SMILES string of the molecule is CC12CCCCC1(C)N(c1cc(Cl)cc(-n3c4ccccc4c4ccccc43)c1)c1ccccc12.CC12CCCCC1(C)N(c1cc(Cl)cc(Cl)c1)c1ccccc12.c1ccc2c(c1)[nH]c1ccccc12. The van der Waals surface area contributed by atoms with Gasteiger partial charge in [0.1, 0.15) is 0 Å². The first-order valence-corrected chi connectivity index (χ1v) is 26.6. The number of hydrogen-bond acceptors (Lipinski definition) is 2. The molecule has 0 bridgehead atoms. The average Bonchev–Trinajstić information content (AvgIpc) is 4.04. The van der Waals surface area contributed by atoms with Crippen LogP contribution in [-0.4, -0.2) is 20.6 Å². The number of nitrogens with zero attached hydrogens (tertiary/aromatic N) is 3. The second-order valence-corrected chi connectivity index (χ2v) is 22.5. The molecule has 2 fully saturated rings. The first-order chi connectivity index (χ1) is 34.4. The Bertz CT molecular complexity index is 3540. The summed E-state index contributed by atoms with van der Waals surface area (Å²) in [6.45, 7) is 9.77. The lowest BCUT2D eigenvalue weighted by molar-refractivity contribution is 0.195. The van der Waals surface area contributed by atoms with Gasteiger partial charge in [-0.05, 0) is 123 Å². The zero-order valence-corrected chi connectivity index (χ0v) is 43.2.